The fourth-order valence-corrected chi connectivity index (χ4v) is 1.59. The van der Waals surface area contributed by atoms with Crippen molar-refractivity contribution in [3.05, 3.63) is 18.2 Å². The Hall–Kier alpha value is -1.37. The molecule has 0 unspecified atom stereocenters. The van der Waals surface area contributed by atoms with Crippen LogP contribution in [0, 0.1) is 0 Å². The van der Waals surface area contributed by atoms with Gasteiger partial charge in [0.1, 0.15) is 11.6 Å². The first-order valence-corrected chi connectivity index (χ1v) is 5.44. The van der Waals surface area contributed by atoms with Crippen molar-refractivity contribution in [1.82, 2.24) is 9.55 Å². The number of carbonyl (C=O) groups is 1. The molecule has 7 heteroatoms. The third-order valence-corrected chi connectivity index (χ3v) is 2.09. The standard InChI is InChI=1S/C6H9N3O3S/c1-13(11,12)4-9-3-8-2-5(9)6(7)10/h2-3H,4H2,1H3,(H2,7,10). The minimum Gasteiger partial charge on any atom is -0.364 e. The molecular weight excluding hydrogens is 194 g/mol. The first-order valence-electron chi connectivity index (χ1n) is 3.38. The maximum atomic E-state index is 10.9. The average molecular weight is 203 g/mol. The number of sulfone groups is 1. The Morgan fingerprint density at radius 1 is 1.69 bits per heavy atom. The minimum absolute atomic E-state index is 0.0884. The Bertz CT molecular complexity index is 420. The van der Waals surface area contributed by atoms with Crippen LogP contribution in [0.3, 0.4) is 0 Å². The number of amides is 1. The molecule has 0 atom stereocenters. The summed E-state index contributed by atoms with van der Waals surface area (Å²) in [5, 5.41) is 0. The van der Waals surface area contributed by atoms with Crippen molar-refractivity contribution in [1.29, 1.82) is 0 Å². The Morgan fingerprint density at radius 3 is 2.77 bits per heavy atom. The summed E-state index contributed by atoms with van der Waals surface area (Å²) in [4.78, 5) is 14.4. The zero-order valence-electron chi connectivity index (χ0n) is 6.97. The van der Waals surface area contributed by atoms with Crippen molar-refractivity contribution >= 4 is 15.7 Å². The molecule has 0 aliphatic rings. The Labute approximate surface area is 75.3 Å². The smallest absolute Gasteiger partial charge is 0.267 e. The molecule has 2 N–H and O–H groups in total. The van der Waals surface area contributed by atoms with E-state index in [1.54, 1.807) is 0 Å². The van der Waals surface area contributed by atoms with Crippen molar-refractivity contribution in [2.24, 2.45) is 5.73 Å². The van der Waals surface area contributed by atoms with Crippen LogP contribution in [-0.4, -0.2) is 30.1 Å². The van der Waals surface area contributed by atoms with Crippen LogP contribution in [0.5, 0.6) is 0 Å². The highest BCUT2D eigenvalue weighted by molar-refractivity contribution is 7.89. The lowest BCUT2D eigenvalue weighted by Crippen LogP contribution is -2.19. The molecule has 0 aromatic carbocycles. The number of nitrogens with zero attached hydrogens (tertiary/aromatic N) is 2. The van der Waals surface area contributed by atoms with Gasteiger partial charge in [-0.3, -0.25) is 4.79 Å². The second kappa shape index (κ2) is 3.17. The predicted molar refractivity (Wildman–Crippen MR) is 45.6 cm³/mol. The van der Waals surface area contributed by atoms with E-state index in [1.807, 2.05) is 0 Å². The number of primary amides is 1. The Kier molecular flexibility index (Phi) is 2.37. The van der Waals surface area contributed by atoms with Gasteiger partial charge >= 0.3 is 0 Å². The van der Waals surface area contributed by atoms with Crippen LogP contribution in [0.4, 0.5) is 0 Å². The van der Waals surface area contributed by atoms with Crippen LogP contribution in [0.15, 0.2) is 12.5 Å². The van der Waals surface area contributed by atoms with Gasteiger partial charge < -0.3 is 10.3 Å². The van der Waals surface area contributed by atoms with Crippen molar-refractivity contribution in [2.75, 3.05) is 6.26 Å². The molecule has 0 aliphatic carbocycles. The normalized spacial score (nSPS) is 11.5. The number of aromatic nitrogens is 2. The van der Waals surface area contributed by atoms with Gasteiger partial charge in [-0.25, -0.2) is 13.4 Å². The molecule has 0 bridgehead atoms. The second-order valence-electron chi connectivity index (χ2n) is 2.67. The molecule has 1 heterocycles. The zero-order valence-corrected chi connectivity index (χ0v) is 7.78. The van der Waals surface area contributed by atoms with Crippen molar-refractivity contribution in [3.63, 3.8) is 0 Å². The van der Waals surface area contributed by atoms with Gasteiger partial charge in [-0.05, 0) is 0 Å². The van der Waals surface area contributed by atoms with E-state index in [2.05, 4.69) is 4.98 Å². The molecule has 1 rings (SSSR count). The highest BCUT2D eigenvalue weighted by atomic mass is 32.2. The summed E-state index contributed by atoms with van der Waals surface area (Å²) in [5.41, 5.74) is 5.07. The molecular formula is C6H9N3O3S. The van der Waals surface area contributed by atoms with Gasteiger partial charge in [-0.2, -0.15) is 0 Å². The summed E-state index contributed by atoms with van der Waals surface area (Å²) in [6.07, 6.45) is 3.55. The number of hydrogen-bond acceptors (Lipinski definition) is 4. The van der Waals surface area contributed by atoms with Crippen LogP contribution in [0.1, 0.15) is 10.5 Å². The summed E-state index contributed by atoms with van der Waals surface area (Å²) >= 11 is 0. The predicted octanol–water partition coefficient (Wildman–Crippen LogP) is -1.02. The maximum absolute atomic E-state index is 10.9. The summed E-state index contributed by atoms with van der Waals surface area (Å²) in [7, 11) is -3.19. The Balaban J connectivity index is 3.02. The van der Waals surface area contributed by atoms with Gasteiger partial charge in [-0.15, -0.1) is 0 Å². The van der Waals surface area contributed by atoms with Crippen molar-refractivity contribution in [2.45, 2.75) is 5.88 Å². The second-order valence-corrected chi connectivity index (χ2v) is 4.78. The lowest BCUT2D eigenvalue weighted by Gasteiger charge is -2.02. The largest absolute Gasteiger partial charge is 0.364 e. The molecule has 0 fully saturated rings. The summed E-state index contributed by atoms with van der Waals surface area (Å²) in [5.74, 6) is -0.980. The fraction of sp³-hybridized carbons (Fsp3) is 0.333. The van der Waals surface area contributed by atoms with E-state index in [4.69, 9.17) is 5.73 Å². The van der Waals surface area contributed by atoms with E-state index >= 15 is 0 Å². The molecule has 13 heavy (non-hydrogen) atoms. The number of carbonyl (C=O) groups excluding carboxylic acids is 1. The van der Waals surface area contributed by atoms with Crippen LogP contribution < -0.4 is 5.73 Å². The van der Waals surface area contributed by atoms with Crippen LogP contribution >= 0.6 is 0 Å². The molecule has 0 saturated heterocycles. The summed E-state index contributed by atoms with van der Waals surface area (Å²) < 4.78 is 22.9. The van der Waals surface area contributed by atoms with E-state index in [-0.39, 0.29) is 11.6 Å². The average Bonchev–Trinajstić information content (AvgIpc) is 2.31. The molecule has 0 radical (unpaired) electrons. The summed E-state index contributed by atoms with van der Waals surface area (Å²) in [6, 6.07) is 0. The van der Waals surface area contributed by atoms with Gasteiger partial charge in [0, 0.05) is 6.26 Å². The first kappa shape index (κ1) is 9.72. The number of imidazole rings is 1. The number of nitrogens with two attached hydrogens (primary N) is 1. The SMILES string of the molecule is CS(=O)(=O)Cn1cncc1C(N)=O. The van der Waals surface area contributed by atoms with E-state index in [9.17, 15) is 13.2 Å². The van der Waals surface area contributed by atoms with Gasteiger partial charge in [0.05, 0.1) is 12.5 Å². The Morgan fingerprint density at radius 2 is 2.31 bits per heavy atom. The van der Waals surface area contributed by atoms with E-state index in [0.29, 0.717) is 0 Å². The van der Waals surface area contributed by atoms with Crippen molar-refractivity contribution < 1.29 is 13.2 Å². The van der Waals surface area contributed by atoms with Gasteiger partial charge in [0.25, 0.3) is 5.91 Å². The topological polar surface area (TPSA) is 95.1 Å². The number of hydrogen-bond donors (Lipinski definition) is 1. The lowest BCUT2D eigenvalue weighted by atomic mass is 10.4. The van der Waals surface area contributed by atoms with Gasteiger partial charge in [-0.1, -0.05) is 0 Å². The first-order chi connectivity index (χ1) is 5.90. The third kappa shape index (κ3) is 2.55. The van der Waals surface area contributed by atoms with Gasteiger partial charge in [0.2, 0.25) is 0 Å². The molecule has 0 aliphatic heterocycles. The van der Waals surface area contributed by atoms with Crippen LogP contribution in [0.25, 0.3) is 0 Å². The van der Waals surface area contributed by atoms with Crippen LogP contribution in [0.2, 0.25) is 0 Å². The highest BCUT2D eigenvalue weighted by Gasteiger charge is 2.11. The van der Waals surface area contributed by atoms with Gasteiger partial charge in [0.15, 0.2) is 9.84 Å². The molecule has 1 aromatic rings. The summed E-state index contributed by atoms with van der Waals surface area (Å²) in [6.45, 7) is 0. The van der Waals surface area contributed by atoms with Crippen LogP contribution in [-0.2, 0) is 15.7 Å². The molecule has 0 spiro atoms. The maximum Gasteiger partial charge on any atom is 0.267 e. The highest BCUT2D eigenvalue weighted by Crippen LogP contribution is 2.00. The minimum atomic E-state index is -3.19. The van der Waals surface area contributed by atoms with E-state index in [1.165, 1.54) is 17.1 Å². The molecule has 1 aromatic heterocycles. The monoisotopic (exact) mass is 203 g/mol. The van der Waals surface area contributed by atoms with E-state index < -0.39 is 15.7 Å². The van der Waals surface area contributed by atoms with Crippen molar-refractivity contribution in [3.8, 4) is 0 Å². The molecule has 6 nitrogen and oxygen atoms in total. The zero-order chi connectivity index (χ0) is 10.1. The quantitative estimate of drug-likeness (QED) is 0.680. The number of rotatable bonds is 3. The van der Waals surface area contributed by atoms with E-state index in [0.717, 1.165) is 6.26 Å². The fourth-order valence-electron chi connectivity index (χ4n) is 0.881. The third-order valence-electron chi connectivity index (χ3n) is 1.34. The molecule has 0 saturated carbocycles. The molecule has 72 valence electrons. The lowest BCUT2D eigenvalue weighted by molar-refractivity contribution is 0.0992. The molecule has 1 amide bonds.